The van der Waals surface area contributed by atoms with Crippen molar-refractivity contribution < 1.29 is 4.57 Å². The van der Waals surface area contributed by atoms with Crippen molar-refractivity contribution in [1.29, 1.82) is 0 Å². The largest absolute Gasteiger partial charge is 0.286 e. The number of hydrogen-bond acceptors (Lipinski definition) is 2. The summed E-state index contributed by atoms with van der Waals surface area (Å²) in [6, 6.07) is 6.14. The van der Waals surface area contributed by atoms with Gasteiger partial charge >= 0.3 is 0 Å². The zero-order valence-corrected chi connectivity index (χ0v) is 15.0. The van der Waals surface area contributed by atoms with Gasteiger partial charge in [-0.1, -0.05) is 31.3 Å². The lowest BCUT2D eigenvalue weighted by Gasteiger charge is -2.15. The summed E-state index contributed by atoms with van der Waals surface area (Å²) < 4.78 is 5.07. The van der Waals surface area contributed by atoms with Crippen LogP contribution in [0.1, 0.15) is 18.2 Å². The maximum Gasteiger partial charge on any atom is 0.286 e. The van der Waals surface area contributed by atoms with E-state index in [4.69, 9.17) is 4.98 Å². The average molecular weight is 314 g/mol. The highest BCUT2D eigenvalue weighted by Gasteiger charge is 2.34. The lowest BCUT2D eigenvalue weighted by Crippen LogP contribution is -2.37. The Morgan fingerprint density at radius 1 is 1.29 bits per heavy atom. The van der Waals surface area contributed by atoms with Gasteiger partial charge in [-0.3, -0.25) is 0 Å². The van der Waals surface area contributed by atoms with Crippen LogP contribution in [-0.4, -0.2) is 13.1 Å². The van der Waals surface area contributed by atoms with E-state index in [2.05, 4.69) is 43.8 Å². The number of thiophene rings is 1. The van der Waals surface area contributed by atoms with Crippen molar-refractivity contribution in [1.82, 2.24) is 4.98 Å². The lowest BCUT2D eigenvalue weighted by molar-refractivity contribution is -0.680. The van der Waals surface area contributed by atoms with Gasteiger partial charge in [0.1, 0.15) is 10.4 Å². The monoisotopic (exact) mass is 313 g/mol. The molecule has 4 rings (SSSR count). The molecule has 0 saturated heterocycles. The van der Waals surface area contributed by atoms with Gasteiger partial charge in [-0.2, -0.15) is 0 Å². The predicted molar refractivity (Wildman–Crippen MR) is 93.3 cm³/mol. The van der Waals surface area contributed by atoms with Crippen molar-refractivity contribution >= 4 is 44.9 Å². The van der Waals surface area contributed by atoms with Gasteiger partial charge in [-0.25, -0.2) is 4.57 Å². The van der Waals surface area contributed by atoms with Crippen LogP contribution in [0.2, 0.25) is 19.1 Å². The summed E-state index contributed by atoms with van der Waals surface area (Å²) in [6.07, 6.45) is 4.30. The molecule has 0 radical (unpaired) electrons. The number of rotatable bonds is 1. The van der Waals surface area contributed by atoms with E-state index < -0.39 is 8.07 Å². The van der Waals surface area contributed by atoms with Crippen LogP contribution in [0.3, 0.4) is 0 Å². The van der Waals surface area contributed by atoms with Crippen molar-refractivity contribution in [3.63, 3.8) is 0 Å². The first-order chi connectivity index (χ1) is 10.0. The first-order valence-corrected chi connectivity index (χ1v) is 11.8. The van der Waals surface area contributed by atoms with Crippen LogP contribution in [0.4, 0.5) is 0 Å². The molecular weight excluding hydrogens is 292 g/mol. The molecule has 1 aliphatic heterocycles. The first-order valence-electron chi connectivity index (χ1n) is 7.75. The molecule has 3 aromatic rings. The Balaban J connectivity index is 2.14. The molecule has 4 heteroatoms. The Morgan fingerprint density at radius 2 is 2.10 bits per heavy atom. The van der Waals surface area contributed by atoms with Crippen LogP contribution in [-0.2, 0) is 19.9 Å². The summed E-state index contributed by atoms with van der Waals surface area (Å²) in [5.41, 5.74) is 4.25. The Kier molecular flexibility index (Phi) is 2.79. The van der Waals surface area contributed by atoms with E-state index in [0.29, 0.717) is 0 Å². The van der Waals surface area contributed by atoms with Gasteiger partial charge < -0.3 is 0 Å². The summed E-state index contributed by atoms with van der Waals surface area (Å²) in [7, 11) is 0.929. The average Bonchev–Trinajstić information content (AvgIpc) is 2.96. The predicted octanol–water partition coefficient (Wildman–Crippen LogP) is 3.31. The minimum absolute atomic E-state index is 1.06. The van der Waals surface area contributed by atoms with Crippen LogP contribution < -0.4 is 9.75 Å². The molecule has 0 aliphatic carbocycles. The fraction of sp³-hybridized carbons (Fsp3) is 0.412. The molecule has 0 N–H and O–H groups in total. The number of aryl methyl sites for hydroxylation is 3. The number of nitrogens with zero attached hydrogens (tertiary/aromatic N) is 2. The van der Waals surface area contributed by atoms with Crippen molar-refractivity contribution in [2.75, 3.05) is 0 Å². The lowest BCUT2D eigenvalue weighted by atomic mass is 10.1. The molecule has 0 spiro atoms. The van der Waals surface area contributed by atoms with E-state index >= 15 is 0 Å². The fourth-order valence-electron chi connectivity index (χ4n) is 3.77. The highest BCUT2D eigenvalue weighted by atomic mass is 32.1. The van der Waals surface area contributed by atoms with E-state index in [1.54, 1.807) is 10.8 Å². The van der Waals surface area contributed by atoms with Crippen molar-refractivity contribution in [3.8, 4) is 0 Å². The minimum atomic E-state index is -1.18. The first kappa shape index (κ1) is 13.4. The summed E-state index contributed by atoms with van der Waals surface area (Å²) in [5.74, 6) is 0. The third-order valence-corrected chi connectivity index (χ3v) is 9.78. The van der Waals surface area contributed by atoms with Crippen LogP contribution >= 0.6 is 11.3 Å². The zero-order chi connectivity index (χ0) is 14.8. The van der Waals surface area contributed by atoms with Gasteiger partial charge in [0.05, 0.1) is 15.1 Å². The van der Waals surface area contributed by atoms with Crippen LogP contribution in [0.15, 0.2) is 18.5 Å². The number of hydrogen-bond donors (Lipinski definition) is 0. The maximum atomic E-state index is 4.72. The molecule has 0 bridgehead atoms. The molecular formula is C17H21N2SSi+. The second kappa shape index (κ2) is 4.37. The fourth-order valence-corrected chi connectivity index (χ4v) is 8.08. The summed E-state index contributed by atoms with van der Waals surface area (Å²) in [4.78, 5) is 4.72. The zero-order valence-electron chi connectivity index (χ0n) is 13.2. The van der Waals surface area contributed by atoms with Gasteiger partial charge in [0.15, 0.2) is 0 Å². The van der Waals surface area contributed by atoms with Gasteiger partial charge in [0, 0.05) is 16.5 Å². The Bertz CT molecular complexity index is 879. The highest BCUT2D eigenvalue weighted by molar-refractivity contribution is 7.26. The Hall–Kier alpha value is -1.26. The maximum absolute atomic E-state index is 4.72. The summed E-state index contributed by atoms with van der Waals surface area (Å²) in [5, 5.41) is 3.06. The van der Waals surface area contributed by atoms with E-state index in [9.17, 15) is 0 Å². The summed E-state index contributed by atoms with van der Waals surface area (Å²) in [6.45, 7) is 7.25. The molecule has 0 fully saturated rings. The standard InChI is InChI=1S/C17H21N2SSi/c1-5-13-17-15(18-10-19(13)2)12-6-7-14-11(16(12)20-17)8-9-21(14,3)4/h6-7,10H,5,8-9H2,1-4H3/q+1. The minimum Gasteiger partial charge on any atom is -0.236 e. The quantitative estimate of drug-likeness (QED) is 0.497. The van der Waals surface area contributed by atoms with Crippen LogP contribution in [0.25, 0.3) is 20.3 Å². The highest BCUT2D eigenvalue weighted by Crippen LogP contribution is 2.38. The van der Waals surface area contributed by atoms with Gasteiger partial charge in [0.25, 0.3) is 6.33 Å². The van der Waals surface area contributed by atoms with Gasteiger partial charge in [-0.05, 0) is 29.1 Å². The molecule has 108 valence electrons. The smallest absolute Gasteiger partial charge is 0.236 e. The summed E-state index contributed by atoms with van der Waals surface area (Å²) >= 11 is 1.97. The van der Waals surface area contributed by atoms with E-state index in [0.717, 1.165) is 6.42 Å². The second-order valence-corrected chi connectivity index (χ2v) is 12.6. The van der Waals surface area contributed by atoms with Crippen molar-refractivity contribution in [2.45, 2.75) is 38.9 Å². The van der Waals surface area contributed by atoms with Crippen molar-refractivity contribution in [2.24, 2.45) is 7.05 Å². The van der Waals surface area contributed by atoms with Gasteiger partial charge in [-0.15, -0.1) is 11.3 Å². The SMILES string of the molecule is CCc1c2sc3c4c(ccc3c2nc[n+]1C)[Si](C)(C)CC4. The normalized spacial score (nSPS) is 16.8. The topological polar surface area (TPSA) is 16.8 Å². The third kappa shape index (κ3) is 1.75. The molecule has 3 heterocycles. The number of aromatic nitrogens is 2. The van der Waals surface area contributed by atoms with E-state index in [1.807, 2.05) is 17.7 Å². The second-order valence-electron chi connectivity index (χ2n) is 6.79. The molecule has 0 atom stereocenters. The third-order valence-electron chi connectivity index (χ3n) is 5.05. The molecule has 0 unspecified atom stereocenters. The van der Waals surface area contributed by atoms with Crippen LogP contribution in [0.5, 0.6) is 0 Å². The molecule has 1 aromatic carbocycles. The van der Waals surface area contributed by atoms with Crippen molar-refractivity contribution in [3.05, 3.63) is 29.7 Å². The Labute approximate surface area is 130 Å². The molecule has 0 amide bonds. The molecule has 0 saturated carbocycles. The molecule has 2 nitrogen and oxygen atoms in total. The van der Waals surface area contributed by atoms with Crippen LogP contribution in [0, 0.1) is 0 Å². The van der Waals surface area contributed by atoms with E-state index in [1.165, 1.54) is 38.5 Å². The molecule has 2 aromatic heterocycles. The number of fused-ring (bicyclic) bond motifs is 5. The molecule has 21 heavy (non-hydrogen) atoms. The van der Waals surface area contributed by atoms with E-state index in [-0.39, 0.29) is 0 Å². The Morgan fingerprint density at radius 3 is 2.86 bits per heavy atom. The molecule has 1 aliphatic rings. The van der Waals surface area contributed by atoms with Gasteiger partial charge in [0.2, 0.25) is 5.52 Å². The number of benzene rings is 1.